The summed E-state index contributed by atoms with van der Waals surface area (Å²) in [5, 5.41) is 9.46. The second-order valence-corrected chi connectivity index (χ2v) is 12.5. The van der Waals surface area contributed by atoms with Crippen LogP contribution in [0.4, 0.5) is 25.0 Å². The largest absolute Gasteiger partial charge is 0.382 e. The van der Waals surface area contributed by atoms with E-state index < -0.39 is 22.6 Å². The van der Waals surface area contributed by atoms with Crippen LogP contribution >= 0.6 is 0 Å². The Morgan fingerprint density at radius 3 is 2.40 bits per heavy atom. The number of nitrogens with zero attached hydrogens (tertiary/aromatic N) is 3. The summed E-state index contributed by atoms with van der Waals surface area (Å²) >= 11 is 0. The van der Waals surface area contributed by atoms with Crippen LogP contribution in [0.25, 0.3) is 0 Å². The van der Waals surface area contributed by atoms with Crippen molar-refractivity contribution >= 4 is 29.1 Å². The minimum Gasteiger partial charge on any atom is -0.382 e. The number of nitrogens with one attached hydrogen (secondary N) is 3. The molecule has 0 radical (unpaired) electrons. The van der Waals surface area contributed by atoms with E-state index in [0.717, 1.165) is 18.7 Å². The number of likely N-dealkylation sites (tertiary alicyclic amines) is 1. The molecule has 3 amide bonds. The number of benzene rings is 2. The van der Waals surface area contributed by atoms with Gasteiger partial charge in [0.15, 0.2) is 5.78 Å². The number of anilines is 2. The third-order valence-corrected chi connectivity index (χ3v) is 8.75. The van der Waals surface area contributed by atoms with Crippen molar-refractivity contribution in [3.05, 3.63) is 59.2 Å². The highest BCUT2D eigenvalue weighted by Gasteiger charge is 2.41. The highest BCUT2D eigenvalue weighted by Crippen LogP contribution is 2.37. The van der Waals surface area contributed by atoms with Crippen molar-refractivity contribution in [3.63, 3.8) is 0 Å². The zero-order valence-corrected chi connectivity index (χ0v) is 24.6. The summed E-state index contributed by atoms with van der Waals surface area (Å²) in [6.45, 7) is 8.20. The van der Waals surface area contributed by atoms with Crippen LogP contribution in [-0.4, -0.2) is 90.8 Å². The minimum atomic E-state index is -0.714. The fourth-order valence-corrected chi connectivity index (χ4v) is 5.96. The maximum absolute atomic E-state index is 14.6. The summed E-state index contributed by atoms with van der Waals surface area (Å²) in [6, 6.07) is 8.63. The molecule has 3 heterocycles. The summed E-state index contributed by atoms with van der Waals surface area (Å²) in [5.41, 5.74) is 0.864. The Morgan fingerprint density at radius 1 is 0.976 bits per heavy atom. The number of fused-ring (bicyclic) bond motifs is 1. The predicted octanol–water partition coefficient (Wildman–Crippen LogP) is 3.92. The third-order valence-electron chi connectivity index (χ3n) is 8.75. The molecule has 3 N–H and O–H groups in total. The molecule has 2 saturated heterocycles. The molecule has 11 heteroatoms. The second-order valence-electron chi connectivity index (χ2n) is 12.5. The number of rotatable bonds is 6. The van der Waals surface area contributed by atoms with Crippen LogP contribution in [0.5, 0.6) is 0 Å². The molecule has 3 aliphatic rings. The number of Topliss-reactive ketones (excluding diaryl/α,β-unsaturated/α-hetero) is 1. The van der Waals surface area contributed by atoms with Gasteiger partial charge in [0.1, 0.15) is 11.6 Å². The number of piperidine rings is 1. The van der Waals surface area contributed by atoms with Crippen molar-refractivity contribution in [2.45, 2.75) is 45.2 Å². The molecular formula is C31H40F2N6O3. The normalized spacial score (nSPS) is 18.8. The van der Waals surface area contributed by atoms with Gasteiger partial charge >= 0.3 is 6.03 Å². The van der Waals surface area contributed by atoms with Crippen LogP contribution in [0, 0.1) is 17.0 Å². The molecule has 226 valence electrons. The first-order valence-corrected chi connectivity index (χ1v) is 14.6. The fraction of sp³-hybridized carbons (Fsp3) is 0.516. The lowest BCUT2D eigenvalue weighted by atomic mass is 9.78. The first-order valence-electron chi connectivity index (χ1n) is 14.6. The van der Waals surface area contributed by atoms with Gasteiger partial charge in [0.05, 0.1) is 11.1 Å². The molecule has 0 aliphatic carbocycles. The van der Waals surface area contributed by atoms with E-state index in [-0.39, 0.29) is 42.9 Å². The van der Waals surface area contributed by atoms with E-state index in [2.05, 4.69) is 20.9 Å². The van der Waals surface area contributed by atoms with Gasteiger partial charge in [-0.3, -0.25) is 9.59 Å². The first-order chi connectivity index (χ1) is 19.9. The zero-order valence-electron chi connectivity index (χ0n) is 24.6. The van der Waals surface area contributed by atoms with Gasteiger partial charge in [-0.25, -0.2) is 13.6 Å². The van der Waals surface area contributed by atoms with Crippen LogP contribution < -0.4 is 16.0 Å². The number of piperazine rings is 1. The molecule has 2 aromatic carbocycles. The summed E-state index contributed by atoms with van der Waals surface area (Å²) in [5.74, 6) is -0.904. The SMILES string of the molecule is CN1CCN(C(=O)C(C)(C)CNc2cc(CNC(=O)N3CCC4(CC3)CC(=O)c3cc(F)ccc3N4)ccc2F)CC1. The number of carbonyl (C=O) groups excluding carboxylic acids is 3. The molecule has 3 aliphatic heterocycles. The number of halogens is 2. The lowest BCUT2D eigenvalue weighted by molar-refractivity contribution is -0.141. The van der Waals surface area contributed by atoms with Crippen molar-refractivity contribution in [1.29, 1.82) is 0 Å². The van der Waals surface area contributed by atoms with Crippen LogP contribution in [0.3, 0.4) is 0 Å². The van der Waals surface area contributed by atoms with E-state index >= 15 is 0 Å². The Bertz CT molecular complexity index is 1350. The first kappa shape index (κ1) is 29.8. The lowest BCUT2D eigenvalue weighted by Crippen LogP contribution is -2.55. The number of likely N-dealkylation sites (N-methyl/N-ethyl adjacent to an activating group) is 1. The number of ketones is 1. The van der Waals surface area contributed by atoms with Gasteiger partial charge < -0.3 is 30.7 Å². The van der Waals surface area contributed by atoms with Gasteiger partial charge in [0.2, 0.25) is 5.91 Å². The van der Waals surface area contributed by atoms with E-state index in [4.69, 9.17) is 0 Å². The van der Waals surface area contributed by atoms with Crippen molar-refractivity contribution in [1.82, 2.24) is 20.0 Å². The van der Waals surface area contributed by atoms with E-state index in [0.29, 0.717) is 50.3 Å². The van der Waals surface area contributed by atoms with E-state index in [1.54, 1.807) is 23.1 Å². The van der Waals surface area contributed by atoms with Gasteiger partial charge in [-0.2, -0.15) is 0 Å². The Morgan fingerprint density at radius 2 is 1.69 bits per heavy atom. The quantitative estimate of drug-likeness (QED) is 0.478. The van der Waals surface area contributed by atoms with Crippen LogP contribution in [0.2, 0.25) is 0 Å². The monoisotopic (exact) mass is 582 g/mol. The second kappa shape index (κ2) is 11.9. The Balaban J connectivity index is 1.12. The zero-order chi connectivity index (χ0) is 30.1. The molecule has 0 aromatic heterocycles. The molecule has 0 bridgehead atoms. The van der Waals surface area contributed by atoms with Crippen molar-refractivity contribution in [2.75, 3.05) is 63.5 Å². The maximum Gasteiger partial charge on any atom is 0.317 e. The summed E-state index contributed by atoms with van der Waals surface area (Å²) in [7, 11) is 2.04. The number of carbonyl (C=O) groups is 3. The fourth-order valence-electron chi connectivity index (χ4n) is 5.96. The summed E-state index contributed by atoms with van der Waals surface area (Å²) in [4.78, 5) is 44.5. The molecule has 0 saturated carbocycles. The molecule has 0 unspecified atom stereocenters. The van der Waals surface area contributed by atoms with E-state index in [1.807, 2.05) is 25.8 Å². The molecule has 9 nitrogen and oxygen atoms in total. The minimum absolute atomic E-state index is 0.0427. The van der Waals surface area contributed by atoms with Gasteiger partial charge in [-0.15, -0.1) is 0 Å². The Labute approximate surface area is 245 Å². The third kappa shape index (κ3) is 6.51. The summed E-state index contributed by atoms with van der Waals surface area (Å²) in [6.07, 6.45) is 1.45. The molecular weight excluding hydrogens is 542 g/mol. The van der Waals surface area contributed by atoms with Gasteiger partial charge in [-0.05, 0) is 69.6 Å². The average molecular weight is 583 g/mol. The van der Waals surface area contributed by atoms with Crippen LogP contribution in [0.1, 0.15) is 49.0 Å². The maximum atomic E-state index is 14.6. The Kier molecular flexibility index (Phi) is 8.41. The molecule has 1 spiro atoms. The van der Waals surface area contributed by atoms with E-state index in [1.165, 1.54) is 18.2 Å². The number of amides is 3. The van der Waals surface area contributed by atoms with Crippen molar-refractivity contribution < 1.29 is 23.2 Å². The highest BCUT2D eigenvalue weighted by atomic mass is 19.1. The van der Waals surface area contributed by atoms with Gasteiger partial charge in [-0.1, -0.05) is 6.07 Å². The van der Waals surface area contributed by atoms with Crippen molar-refractivity contribution in [2.24, 2.45) is 5.41 Å². The molecule has 5 rings (SSSR count). The Hall–Kier alpha value is -3.73. The summed E-state index contributed by atoms with van der Waals surface area (Å²) < 4.78 is 28.2. The van der Waals surface area contributed by atoms with Crippen LogP contribution in [0.15, 0.2) is 36.4 Å². The number of urea groups is 1. The average Bonchev–Trinajstić information content (AvgIpc) is 2.97. The molecule has 0 atom stereocenters. The van der Waals surface area contributed by atoms with Crippen LogP contribution in [-0.2, 0) is 11.3 Å². The van der Waals surface area contributed by atoms with Gasteiger partial charge in [0.25, 0.3) is 0 Å². The smallest absolute Gasteiger partial charge is 0.317 e. The number of hydrogen-bond acceptors (Lipinski definition) is 6. The van der Waals surface area contributed by atoms with Gasteiger partial charge in [0, 0.05) is 75.6 Å². The van der Waals surface area contributed by atoms with E-state index in [9.17, 15) is 23.2 Å². The topological polar surface area (TPSA) is 97.0 Å². The molecule has 2 aromatic rings. The standard InChI is InChI=1S/C31H40F2N6O3/c1-30(2,28(41)38-14-12-37(3)13-15-38)20-35-26-16-21(4-6-24(26)33)19-34-29(42)39-10-8-31(9-11-39)18-27(40)23-17-22(32)5-7-25(23)36-31/h4-7,16-17,35-36H,8-15,18-20H2,1-3H3,(H,34,42). The van der Waals surface area contributed by atoms with Crippen molar-refractivity contribution in [3.8, 4) is 0 Å². The lowest BCUT2D eigenvalue weighted by Gasteiger charge is -2.45. The predicted molar refractivity (Wildman–Crippen MR) is 157 cm³/mol. The number of hydrogen-bond donors (Lipinski definition) is 3. The molecule has 2 fully saturated rings. The highest BCUT2D eigenvalue weighted by molar-refractivity contribution is 6.04. The molecule has 42 heavy (non-hydrogen) atoms.